The molecule has 1 aromatic carbocycles. The molecule has 0 N–H and O–H groups in total. The standard InChI is InChI=1S/C13H15N3O2S2/c1-9-11(10(2)19-14-9)8-16-13-7-5-4-6-12(13)15(3)20(16,17)18/h4-7H,8H2,1-3H3. The van der Waals surface area contributed by atoms with Crippen LogP contribution in [0.15, 0.2) is 24.3 Å². The lowest BCUT2D eigenvalue weighted by atomic mass is 10.2. The predicted octanol–water partition coefficient (Wildman–Crippen LogP) is 2.46. The van der Waals surface area contributed by atoms with E-state index < -0.39 is 10.2 Å². The molecule has 3 rings (SSSR count). The zero-order valence-corrected chi connectivity index (χ0v) is 13.1. The summed E-state index contributed by atoms with van der Waals surface area (Å²) < 4.78 is 32.1. The Bertz CT molecular complexity index is 748. The van der Waals surface area contributed by atoms with Gasteiger partial charge in [0.1, 0.15) is 0 Å². The van der Waals surface area contributed by atoms with Gasteiger partial charge >= 0.3 is 10.2 Å². The first-order chi connectivity index (χ1) is 9.43. The molecule has 0 spiro atoms. The summed E-state index contributed by atoms with van der Waals surface area (Å²) in [6, 6.07) is 7.35. The van der Waals surface area contributed by atoms with E-state index in [-0.39, 0.29) is 0 Å². The second-order valence-electron chi connectivity index (χ2n) is 4.77. The van der Waals surface area contributed by atoms with Gasteiger partial charge < -0.3 is 0 Å². The van der Waals surface area contributed by atoms with Gasteiger partial charge in [-0.1, -0.05) is 12.1 Å². The van der Waals surface area contributed by atoms with Crippen LogP contribution in [-0.4, -0.2) is 19.8 Å². The van der Waals surface area contributed by atoms with E-state index in [2.05, 4.69) is 4.37 Å². The highest BCUT2D eigenvalue weighted by atomic mass is 32.2. The number of rotatable bonds is 2. The molecule has 0 bridgehead atoms. The summed E-state index contributed by atoms with van der Waals surface area (Å²) in [5.74, 6) is 0. The Hall–Kier alpha value is -1.60. The largest absolute Gasteiger partial charge is 0.326 e. The van der Waals surface area contributed by atoms with Crippen LogP contribution in [0.5, 0.6) is 0 Å². The molecule has 0 saturated heterocycles. The Morgan fingerprint density at radius 1 is 1.20 bits per heavy atom. The third-order valence-corrected chi connectivity index (χ3v) is 6.25. The molecule has 0 radical (unpaired) electrons. The van der Waals surface area contributed by atoms with E-state index in [1.165, 1.54) is 20.1 Å². The molecule has 7 heteroatoms. The van der Waals surface area contributed by atoms with Crippen molar-refractivity contribution in [3.63, 3.8) is 0 Å². The van der Waals surface area contributed by atoms with Crippen LogP contribution in [0.4, 0.5) is 11.4 Å². The number of para-hydroxylation sites is 2. The number of anilines is 2. The number of hydrogen-bond acceptors (Lipinski definition) is 4. The molecular formula is C13H15N3O2S2. The second-order valence-corrected chi connectivity index (χ2v) is 7.64. The highest BCUT2D eigenvalue weighted by Gasteiger charge is 2.38. The van der Waals surface area contributed by atoms with Gasteiger partial charge in [-0.25, -0.2) is 4.31 Å². The van der Waals surface area contributed by atoms with Crippen LogP contribution >= 0.6 is 11.5 Å². The van der Waals surface area contributed by atoms with E-state index in [9.17, 15) is 8.42 Å². The van der Waals surface area contributed by atoms with Crippen molar-refractivity contribution in [2.75, 3.05) is 15.7 Å². The van der Waals surface area contributed by atoms with Crippen molar-refractivity contribution >= 4 is 33.1 Å². The summed E-state index contributed by atoms with van der Waals surface area (Å²) in [6.07, 6.45) is 0. The molecule has 0 unspecified atom stereocenters. The van der Waals surface area contributed by atoms with Crippen LogP contribution in [0, 0.1) is 13.8 Å². The molecule has 1 aliphatic heterocycles. The van der Waals surface area contributed by atoms with E-state index in [1.807, 2.05) is 38.1 Å². The summed E-state index contributed by atoms with van der Waals surface area (Å²) in [6.45, 7) is 4.22. The van der Waals surface area contributed by atoms with Crippen molar-refractivity contribution in [2.45, 2.75) is 20.4 Å². The zero-order chi connectivity index (χ0) is 14.5. The Kier molecular flexibility index (Phi) is 2.98. The van der Waals surface area contributed by atoms with Gasteiger partial charge in [-0.05, 0) is 37.5 Å². The maximum absolute atomic E-state index is 12.5. The minimum absolute atomic E-state index is 0.331. The van der Waals surface area contributed by atoms with Gasteiger partial charge in [-0.3, -0.25) is 4.31 Å². The Morgan fingerprint density at radius 3 is 2.45 bits per heavy atom. The molecule has 106 valence electrons. The molecule has 0 aliphatic carbocycles. The van der Waals surface area contributed by atoms with Gasteiger partial charge in [-0.2, -0.15) is 12.8 Å². The maximum atomic E-state index is 12.5. The summed E-state index contributed by atoms with van der Waals surface area (Å²) in [4.78, 5) is 1.06. The summed E-state index contributed by atoms with van der Waals surface area (Å²) in [5.41, 5.74) is 3.32. The quantitative estimate of drug-likeness (QED) is 0.856. The van der Waals surface area contributed by atoms with E-state index >= 15 is 0 Å². The Labute approximate surface area is 122 Å². The van der Waals surface area contributed by atoms with E-state index in [4.69, 9.17) is 0 Å². The third kappa shape index (κ3) is 1.81. The number of fused-ring (bicyclic) bond motifs is 1. The fourth-order valence-electron chi connectivity index (χ4n) is 2.38. The van der Waals surface area contributed by atoms with Crippen molar-refractivity contribution in [1.29, 1.82) is 0 Å². The van der Waals surface area contributed by atoms with Crippen LogP contribution in [0.25, 0.3) is 0 Å². The zero-order valence-electron chi connectivity index (χ0n) is 11.5. The normalized spacial score (nSPS) is 16.6. The lowest BCUT2D eigenvalue weighted by molar-refractivity contribution is 0.592. The van der Waals surface area contributed by atoms with Crippen molar-refractivity contribution in [1.82, 2.24) is 4.37 Å². The van der Waals surface area contributed by atoms with Crippen LogP contribution < -0.4 is 8.61 Å². The molecular weight excluding hydrogens is 294 g/mol. The molecule has 1 aliphatic rings. The number of aromatic nitrogens is 1. The first kappa shape index (κ1) is 13.4. The number of nitrogens with zero attached hydrogens (tertiary/aromatic N) is 3. The monoisotopic (exact) mass is 309 g/mol. The minimum atomic E-state index is -3.49. The average molecular weight is 309 g/mol. The Balaban J connectivity index is 2.09. The van der Waals surface area contributed by atoms with Crippen LogP contribution in [0.2, 0.25) is 0 Å². The molecule has 0 fully saturated rings. The molecule has 2 aromatic rings. The van der Waals surface area contributed by atoms with Crippen LogP contribution in [0.3, 0.4) is 0 Å². The van der Waals surface area contributed by atoms with E-state index in [0.717, 1.165) is 21.8 Å². The topological polar surface area (TPSA) is 53.5 Å². The lowest BCUT2D eigenvalue weighted by Crippen LogP contribution is -2.35. The third-order valence-electron chi connectivity index (χ3n) is 3.60. The van der Waals surface area contributed by atoms with Gasteiger partial charge in [-0.15, -0.1) is 0 Å². The highest BCUT2D eigenvalue weighted by molar-refractivity contribution is 7.94. The van der Waals surface area contributed by atoms with Crippen LogP contribution in [-0.2, 0) is 16.8 Å². The van der Waals surface area contributed by atoms with Crippen molar-refractivity contribution in [3.8, 4) is 0 Å². The van der Waals surface area contributed by atoms with Gasteiger partial charge in [0.2, 0.25) is 0 Å². The molecule has 1 aromatic heterocycles. The van der Waals surface area contributed by atoms with E-state index in [0.29, 0.717) is 12.2 Å². The smallest absolute Gasteiger partial charge is 0.254 e. The number of benzene rings is 1. The van der Waals surface area contributed by atoms with Crippen molar-refractivity contribution in [2.24, 2.45) is 0 Å². The number of aryl methyl sites for hydroxylation is 2. The van der Waals surface area contributed by atoms with Crippen molar-refractivity contribution < 1.29 is 8.42 Å². The lowest BCUT2D eigenvalue weighted by Gasteiger charge is -2.19. The fourth-order valence-corrected chi connectivity index (χ4v) is 4.48. The molecule has 0 atom stereocenters. The molecule has 20 heavy (non-hydrogen) atoms. The summed E-state index contributed by atoms with van der Waals surface area (Å²) >= 11 is 1.41. The fraction of sp³-hybridized carbons (Fsp3) is 0.308. The van der Waals surface area contributed by atoms with Crippen LogP contribution in [0.1, 0.15) is 16.1 Å². The van der Waals surface area contributed by atoms with E-state index in [1.54, 1.807) is 7.05 Å². The van der Waals surface area contributed by atoms with Gasteiger partial charge in [0.25, 0.3) is 0 Å². The maximum Gasteiger partial charge on any atom is 0.326 e. The molecule has 2 heterocycles. The summed E-state index contributed by atoms with van der Waals surface area (Å²) in [7, 11) is -1.91. The first-order valence-electron chi connectivity index (χ1n) is 6.20. The first-order valence-corrected chi connectivity index (χ1v) is 8.37. The molecule has 0 amide bonds. The second kappa shape index (κ2) is 4.46. The average Bonchev–Trinajstić information content (AvgIpc) is 2.83. The number of hydrogen-bond donors (Lipinski definition) is 0. The Morgan fingerprint density at radius 2 is 1.85 bits per heavy atom. The van der Waals surface area contributed by atoms with Crippen molar-refractivity contribution in [3.05, 3.63) is 40.4 Å². The molecule has 0 saturated carbocycles. The van der Waals surface area contributed by atoms with Gasteiger partial charge in [0, 0.05) is 17.5 Å². The SMILES string of the molecule is Cc1nsc(C)c1CN1c2ccccc2N(C)S1(=O)=O. The predicted molar refractivity (Wildman–Crippen MR) is 81.5 cm³/mol. The highest BCUT2D eigenvalue weighted by Crippen LogP contribution is 2.40. The molecule has 5 nitrogen and oxygen atoms in total. The van der Waals surface area contributed by atoms with Gasteiger partial charge in [0.05, 0.1) is 23.6 Å². The summed E-state index contributed by atoms with van der Waals surface area (Å²) in [5, 5.41) is 0. The minimum Gasteiger partial charge on any atom is -0.254 e. The van der Waals surface area contributed by atoms with Gasteiger partial charge in [0.15, 0.2) is 0 Å².